The summed E-state index contributed by atoms with van der Waals surface area (Å²) in [5.41, 5.74) is -1.07. The Kier molecular flexibility index (Phi) is 12.4. The molecule has 1 N–H and O–H groups in total. The number of likely N-dealkylation sites (tertiary alicyclic amines) is 1. The Labute approximate surface area is 353 Å². The van der Waals surface area contributed by atoms with Crippen molar-refractivity contribution in [3.05, 3.63) is 134 Å². The lowest BCUT2D eigenvalue weighted by molar-refractivity contribution is -0.142. The predicted molar refractivity (Wildman–Crippen MR) is 212 cm³/mol. The number of aliphatic hydroxyl groups is 1. The van der Waals surface area contributed by atoms with E-state index in [-0.39, 0.29) is 58.6 Å². The summed E-state index contributed by atoms with van der Waals surface area (Å²) in [5.74, 6) is -3.80. The van der Waals surface area contributed by atoms with Gasteiger partial charge in [-0.15, -0.1) is 11.3 Å². The minimum absolute atomic E-state index is 0.000200. The van der Waals surface area contributed by atoms with Crippen LogP contribution in [0.15, 0.2) is 71.2 Å². The number of hydrogen-bond donors (Lipinski definition) is 1. The van der Waals surface area contributed by atoms with Crippen LogP contribution in [0.1, 0.15) is 84.0 Å². The molecule has 2 aliphatic rings. The molecule has 3 aromatic carbocycles. The molecule has 2 aliphatic heterocycles. The SMILES string of the molecule is Cc1cc(C(F)(F)F)nn1CC(=O)N1CCC(c2nc(C3=NOC(c4c(F)cccc4F)C3)cs2)CC1.Cc1nc2c(F)c(F)ccc2cc1Oc1cccc(F)c1C(C)(C)O. The van der Waals surface area contributed by atoms with Crippen LogP contribution in [0.25, 0.3) is 10.9 Å². The van der Waals surface area contributed by atoms with E-state index in [0.29, 0.717) is 48.4 Å². The number of fused-ring (bicyclic) bond motifs is 1. The summed E-state index contributed by atoms with van der Waals surface area (Å²) in [7, 11) is 0. The number of rotatable bonds is 8. The van der Waals surface area contributed by atoms with Gasteiger partial charge in [-0.25, -0.2) is 31.9 Å². The van der Waals surface area contributed by atoms with Crippen LogP contribution >= 0.6 is 11.3 Å². The predicted octanol–water partition coefficient (Wildman–Crippen LogP) is 10.2. The van der Waals surface area contributed by atoms with Crippen LogP contribution in [0.3, 0.4) is 0 Å². The van der Waals surface area contributed by atoms with Crippen LogP contribution in [-0.4, -0.2) is 54.5 Å². The van der Waals surface area contributed by atoms with E-state index in [1.54, 1.807) is 11.8 Å². The van der Waals surface area contributed by atoms with Gasteiger partial charge in [0, 0.05) is 41.9 Å². The zero-order valence-corrected chi connectivity index (χ0v) is 34.4. The third-order valence-corrected chi connectivity index (χ3v) is 11.4. The molecule has 1 saturated heterocycles. The molecule has 0 bridgehead atoms. The molecule has 6 aromatic rings. The van der Waals surface area contributed by atoms with E-state index in [9.17, 15) is 45.0 Å². The minimum Gasteiger partial charge on any atom is -0.455 e. The molecule has 0 saturated carbocycles. The average Bonchev–Trinajstić information content (AvgIpc) is 3.98. The van der Waals surface area contributed by atoms with E-state index in [0.717, 1.165) is 21.8 Å². The van der Waals surface area contributed by atoms with E-state index in [4.69, 9.17) is 9.57 Å². The van der Waals surface area contributed by atoms with E-state index in [2.05, 4.69) is 20.2 Å². The van der Waals surface area contributed by atoms with Gasteiger partial charge in [0.25, 0.3) is 0 Å². The molecule has 326 valence electrons. The number of carbonyl (C=O) groups is 1. The number of amides is 1. The smallest absolute Gasteiger partial charge is 0.435 e. The van der Waals surface area contributed by atoms with Gasteiger partial charge in [0.05, 0.1) is 33.1 Å². The minimum atomic E-state index is -4.56. The molecule has 3 aromatic heterocycles. The Hall–Kier alpha value is -5.95. The highest BCUT2D eigenvalue weighted by atomic mass is 32.1. The first-order chi connectivity index (χ1) is 29.3. The number of nitrogens with zero attached hydrogens (tertiary/aromatic N) is 6. The van der Waals surface area contributed by atoms with Gasteiger partial charge in [0.2, 0.25) is 5.91 Å². The lowest BCUT2D eigenvalue weighted by atomic mass is 9.96. The number of aryl methyl sites for hydroxylation is 2. The number of benzene rings is 3. The molecule has 0 radical (unpaired) electrons. The van der Waals surface area contributed by atoms with Crippen molar-refractivity contribution >= 4 is 33.9 Å². The summed E-state index contributed by atoms with van der Waals surface area (Å²) < 4.78 is 115. The maximum absolute atomic E-state index is 14.2. The van der Waals surface area contributed by atoms with Crippen LogP contribution in [0.5, 0.6) is 11.5 Å². The van der Waals surface area contributed by atoms with Gasteiger partial charge in [-0.05, 0) is 89.1 Å². The largest absolute Gasteiger partial charge is 0.455 e. The van der Waals surface area contributed by atoms with Crippen molar-refractivity contribution in [2.24, 2.45) is 5.16 Å². The monoisotopic (exact) mass is 886 g/mol. The van der Waals surface area contributed by atoms with E-state index in [1.165, 1.54) is 80.6 Å². The van der Waals surface area contributed by atoms with Crippen LogP contribution in [0, 0.1) is 42.9 Å². The maximum Gasteiger partial charge on any atom is 0.435 e. The normalized spacial score (nSPS) is 15.9. The lowest BCUT2D eigenvalue weighted by Gasteiger charge is -2.31. The highest BCUT2D eigenvalue weighted by Gasteiger charge is 2.36. The number of hydrogen-bond acceptors (Lipinski definition) is 9. The molecule has 1 unspecified atom stereocenters. The quantitative estimate of drug-likeness (QED) is 0.151. The number of oxime groups is 1. The molecule has 0 spiro atoms. The summed E-state index contributed by atoms with van der Waals surface area (Å²) in [4.78, 5) is 28.3. The second-order valence-electron chi connectivity index (χ2n) is 15.3. The first kappa shape index (κ1) is 44.1. The second-order valence-corrected chi connectivity index (χ2v) is 16.2. The number of pyridine rings is 1. The fourth-order valence-electron chi connectivity index (χ4n) is 7.18. The summed E-state index contributed by atoms with van der Waals surface area (Å²) in [6.45, 7) is 6.59. The number of ether oxygens (including phenoxy) is 1. The van der Waals surface area contributed by atoms with Gasteiger partial charge >= 0.3 is 6.18 Å². The van der Waals surface area contributed by atoms with Crippen molar-refractivity contribution in [3.63, 3.8) is 0 Å². The van der Waals surface area contributed by atoms with Crippen molar-refractivity contribution in [1.82, 2.24) is 24.6 Å². The van der Waals surface area contributed by atoms with Crippen molar-refractivity contribution < 1.29 is 54.6 Å². The number of aromatic nitrogens is 4. The molecular weight excluding hydrogens is 849 g/mol. The van der Waals surface area contributed by atoms with Gasteiger partial charge in [-0.3, -0.25) is 9.48 Å². The van der Waals surface area contributed by atoms with Crippen molar-refractivity contribution in [2.45, 2.75) is 77.3 Å². The Morgan fingerprint density at radius 2 is 1.58 bits per heavy atom. The zero-order chi connectivity index (χ0) is 44.7. The molecule has 8 rings (SSSR count). The Morgan fingerprint density at radius 1 is 0.903 bits per heavy atom. The Bertz CT molecular complexity index is 2650. The molecule has 62 heavy (non-hydrogen) atoms. The van der Waals surface area contributed by atoms with Crippen LogP contribution in [-0.2, 0) is 28.0 Å². The van der Waals surface area contributed by atoms with Gasteiger partial charge in [0.1, 0.15) is 46.7 Å². The van der Waals surface area contributed by atoms with Gasteiger partial charge in [-0.1, -0.05) is 17.3 Å². The summed E-state index contributed by atoms with van der Waals surface area (Å²) >= 11 is 1.45. The fraction of sp³-hybridized carbons (Fsp3) is 0.326. The number of alkyl halides is 3. The van der Waals surface area contributed by atoms with E-state index < -0.39 is 52.7 Å². The molecule has 0 aliphatic carbocycles. The molecule has 1 amide bonds. The molecular formula is C43H38F8N6O4S. The average molecular weight is 887 g/mol. The van der Waals surface area contributed by atoms with Crippen molar-refractivity contribution in [1.29, 1.82) is 0 Å². The standard InChI is InChI=1S/C24H22F5N5O2S.C19H16F3NO2/c1-13-9-20(24(27,28)29)31-34(13)11-21(35)33-7-5-14(6-8-33)23-30-18(12-37-23)17-10-19(36-32-17)22-15(25)3-2-4-16(22)26;1-10-15(9-11-7-8-13(21)17(22)18(11)23-10)25-14-6-4-5-12(20)16(14)19(2,3)24/h2-4,9,12,14,19H,5-8,10-11H2,1H3;4-9,24H,1-3H3. The highest BCUT2D eigenvalue weighted by Crippen LogP contribution is 2.38. The summed E-state index contributed by atoms with van der Waals surface area (Å²) in [6.07, 6.45) is -3.93. The Balaban J connectivity index is 0.000000201. The number of thiazole rings is 1. The van der Waals surface area contributed by atoms with Gasteiger partial charge in [0.15, 0.2) is 23.4 Å². The van der Waals surface area contributed by atoms with Gasteiger partial charge < -0.3 is 19.6 Å². The molecule has 5 heterocycles. The lowest BCUT2D eigenvalue weighted by Crippen LogP contribution is -2.40. The number of piperidine rings is 1. The van der Waals surface area contributed by atoms with Crippen molar-refractivity contribution in [2.75, 3.05) is 13.1 Å². The third-order valence-electron chi connectivity index (χ3n) is 10.4. The summed E-state index contributed by atoms with van der Waals surface area (Å²) in [6, 6.07) is 12.7. The van der Waals surface area contributed by atoms with Crippen LogP contribution < -0.4 is 4.74 Å². The van der Waals surface area contributed by atoms with Crippen LogP contribution in [0.2, 0.25) is 0 Å². The van der Waals surface area contributed by atoms with Crippen LogP contribution in [0.4, 0.5) is 35.1 Å². The first-order valence-electron chi connectivity index (χ1n) is 19.2. The molecule has 1 fully saturated rings. The maximum atomic E-state index is 14.2. The van der Waals surface area contributed by atoms with E-state index >= 15 is 0 Å². The topological polar surface area (TPSA) is 115 Å². The molecule has 1 atom stereocenters. The van der Waals surface area contributed by atoms with E-state index in [1.807, 2.05) is 5.38 Å². The third kappa shape index (κ3) is 9.42. The Morgan fingerprint density at radius 3 is 2.24 bits per heavy atom. The molecule has 10 nitrogen and oxygen atoms in total. The van der Waals surface area contributed by atoms with Crippen molar-refractivity contribution in [3.8, 4) is 11.5 Å². The van der Waals surface area contributed by atoms with Gasteiger partial charge in [-0.2, -0.15) is 18.3 Å². The first-order valence-corrected chi connectivity index (χ1v) is 20.1. The zero-order valence-electron chi connectivity index (χ0n) is 33.5. The highest BCUT2D eigenvalue weighted by molar-refractivity contribution is 7.10. The number of halogens is 8. The summed E-state index contributed by atoms with van der Waals surface area (Å²) in [5, 5.41) is 20.8. The number of carbonyl (C=O) groups excluding carboxylic acids is 1. The fourth-order valence-corrected chi connectivity index (χ4v) is 8.18. The molecule has 19 heteroatoms. The second kappa shape index (κ2) is 17.4.